The average Bonchev–Trinajstić information content (AvgIpc) is 2.38. The van der Waals surface area contributed by atoms with Gasteiger partial charge in [0.25, 0.3) is 5.91 Å². The summed E-state index contributed by atoms with van der Waals surface area (Å²) in [5.74, 6) is 1.21. The number of unbranched alkanes of at least 4 members (excludes halogenated alkanes) is 3. The van der Waals surface area contributed by atoms with Crippen LogP contribution in [-0.4, -0.2) is 24.5 Å². The molecule has 4 heteroatoms. The van der Waals surface area contributed by atoms with Crippen LogP contribution in [0.1, 0.15) is 36.0 Å². The molecular formula is C14H21NOS2. The molecule has 0 unspecified atom stereocenters. The van der Waals surface area contributed by atoms with Crippen LogP contribution in [-0.2, 0) is 0 Å². The maximum atomic E-state index is 11.8. The zero-order chi connectivity index (χ0) is 13.2. The number of carbonyl (C=O) groups excluding carboxylic acids is 1. The fraction of sp³-hybridized carbons (Fsp3) is 0.500. The zero-order valence-corrected chi connectivity index (χ0v) is 12.5. The third kappa shape index (κ3) is 5.83. The molecule has 0 heterocycles. The highest BCUT2D eigenvalue weighted by atomic mass is 32.2. The number of carbonyl (C=O) groups is 1. The van der Waals surface area contributed by atoms with Crippen LogP contribution >= 0.6 is 24.4 Å². The van der Waals surface area contributed by atoms with Crippen LogP contribution in [0.5, 0.6) is 0 Å². The SMILES string of the molecule is CSCCCCCCNC(=O)c1ccccc1S. The van der Waals surface area contributed by atoms with Crippen molar-refractivity contribution < 1.29 is 4.79 Å². The van der Waals surface area contributed by atoms with Crippen molar-refractivity contribution in [3.63, 3.8) is 0 Å². The van der Waals surface area contributed by atoms with E-state index in [1.807, 2.05) is 30.0 Å². The summed E-state index contributed by atoms with van der Waals surface area (Å²) in [5, 5.41) is 2.94. The second-order valence-corrected chi connectivity index (χ2v) is 5.65. The number of thioether (sulfide) groups is 1. The first-order valence-electron chi connectivity index (χ1n) is 6.31. The Morgan fingerprint density at radius 1 is 1.22 bits per heavy atom. The fourth-order valence-electron chi connectivity index (χ4n) is 1.69. The maximum absolute atomic E-state index is 11.8. The lowest BCUT2D eigenvalue weighted by Gasteiger charge is -2.06. The lowest BCUT2D eigenvalue weighted by Crippen LogP contribution is -2.24. The Morgan fingerprint density at radius 2 is 1.94 bits per heavy atom. The number of nitrogens with one attached hydrogen (secondary N) is 1. The van der Waals surface area contributed by atoms with Gasteiger partial charge in [-0.1, -0.05) is 25.0 Å². The lowest BCUT2D eigenvalue weighted by molar-refractivity contribution is 0.0950. The van der Waals surface area contributed by atoms with Crippen molar-refractivity contribution in [1.82, 2.24) is 5.32 Å². The molecule has 18 heavy (non-hydrogen) atoms. The van der Waals surface area contributed by atoms with E-state index in [2.05, 4.69) is 24.2 Å². The van der Waals surface area contributed by atoms with Gasteiger partial charge in [-0.3, -0.25) is 4.79 Å². The largest absolute Gasteiger partial charge is 0.352 e. The highest BCUT2D eigenvalue weighted by Crippen LogP contribution is 2.12. The normalized spacial score (nSPS) is 10.3. The molecule has 0 aliphatic carbocycles. The molecule has 0 atom stereocenters. The van der Waals surface area contributed by atoms with Crippen molar-refractivity contribution >= 4 is 30.3 Å². The minimum Gasteiger partial charge on any atom is -0.352 e. The molecule has 0 saturated heterocycles. The second-order valence-electron chi connectivity index (χ2n) is 4.18. The smallest absolute Gasteiger partial charge is 0.252 e. The van der Waals surface area contributed by atoms with Crippen LogP contribution in [0.4, 0.5) is 0 Å². The van der Waals surface area contributed by atoms with Crippen LogP contribution in [0.15, 0.2) is 29.2 Å². The van der Waals surface area contributed by atoms with Gasteiger partial charge >= 0.3 is 0 Å². The third-order valence-corrected chi connectivity index (χ3v) is 3.80. The number of hydrogen-bond acceptors (Lipinski definition) is 3. The highest BCUT2D eigenvalue weighted by Gasteiger charge is 2.07. The topological polar surface area (TPSA) is 29.1 Å². The molecule has 100 valence electrons. The van der Waals surface area contributed by atoms with E-state index in [1.54, 1.807) is 6.07 Å². The summed E-state index contributed by atoms with van der Waals surface area (Å²) in [7, 11) is 0. The highest BCUT2D eigenvalue weighted by molar-refractivity contribution is 7.98. The first-order chi connectivity index (χ1) is 8.75. The zero-order valence-electron chi connectivity index (χ0n) is 10.8. The molecule has 0 aliphatic rings. The van der Waals surface area contributed by atoms with Crippen LogP contribution in [0.25, 0.3) is 0 Å². The van der Waals surface area contributed by atoms with Crippen molar-refractivity contribution in [2.24, 2.45) is 0 Å². The van der Waals surface area contributed by atoms with Crippen LogP contribution in [0, 0.1) is 0 Å². The molecule has 0 saturated carbocycles. The van der Waals surface area contributed by atoms with E-state index in [-0.39, 0.29) is 5.91 Å². The molecule has 1 amide bonds. The Balaban J connectivity index is 2.16. The van der Waals surface area contributed by atoms with Gasteiger partial charge in [0, 0.05) is 11.4 Å². The number of amides is 1. The number of hydrogen-bond donors (Lipinski definition) is 2. The summed E-state index contributed by atoms with van der Waals surface area (Å²) in [6, 6.07) is 7.37. The van der Waals surface area contributed by atoms with E-state index in [0.29, 0.717) is 5.56 Å². The second kappa shape index (κ2) is 9.34. The molecular weight excluding hydrogens is 262 g/mol. The molecule has 0 radical (unpaired) electrons. The average molecular weight is 283 g/mol. The lowest BCUT2D eigenvalue weighted by atomic mass is 10.2. The van der Waals surface area contributed by atoms with Gasteiger partial charge in [-0.25, -0.2) is 0 Å². The Morgan fingerprint density at radius 3 is 2.67 bits per heavy atom. The van der Waals surface area contributed by atoms with E-state index < -0.39 is 0 Å². The maximum Gasteiger partial charge on any atom is 0.252 e. The van der Waals surface area contributed by atoms with Gasteiger partial charge < -0.3 is 5.32 Å². The number of thiol groups is 1. The van der Waals surface area contributed by atoms with Crippen molar-refractivity contribution in [3.05, 3.63) is 29.8 Å². The molecule has 1 N–H and O–H groups in total. The Hall–Kier alpha value is -0.610. The van der Waals surface area contributed by atoms with Crippen molar-refractivity contribution in [2.75, 3.05) is 18.6 Å². The van der Waals surface area contributed by atoms with Gasteiger partial charge in [0.15, 0.2) is 0 Å². The monoisotopic (exact) mass is 283 g/mol. The Kier molecular flexibility index (Phi) is 8.01. The van der Waals surface area contributed by atoms with Gasteiger partial charge in [0.2, 0.25) is 0 Å². The van der Waals surface area contributed by atoms with Crippen molar-refractivity contribution in [1.29, 1.82) is 0 Å². The third-order valence-electron chi connectivity index (χ3n) is 2.71. The summed E-state index contributed by atoms with van der Waals surface area (Å²) < 4.78 is 0. The van der Waals surface area contributed by atoms with Gasteiger partial charge in [-0.2, -0.15) is 11.8 Å². The van der Waals surface area contributed by atoms with E-state index in [9.17, 15) is 4.79 Å². The summed E-state index contributed by atoms with van der Waals surface area (Å²) in [6.45, 7) is 0.750. The van der Waals surface area contributed by atoms with Gasteiger partial charge in [0.05, 0.1) is 5.56 Å². The molecule has 0 spiro atoms. The molecule has 0 aromatic heterocycles. The summed E-state index contributed by atoms with van der Waals surface area (Å²) in [5.41, 5.74) is 0.656. The standard InChI is InChI=1S/C14H21NOS2/c1-18-11-7-3-2-6-10-15-14(16)12-8-4-5-9-13(12)17/h4-5,8-9,17H,2-3,6-7,10-11H2,1H3,(H,15,16). The summed E-state index contributed by atoms with van der Waals surface area (Å²) in [6.07, 6.45) is 6.89. The van der Waals surface area contributed by atoms with E-state index in [4.69, 9.17) is 0 Å². The van der Waals surface area contributed by atoms with E-state index >= 15 is 0 Å². The van der Waals surface area contributed by atoms with E-state index in [0.717, 1.165) is 17.9 Å². The number of benzene rings is 1. The van der Waals surface area contributed by atoms with Crippen LogP contribution in [0.2, 0.25) is 0 Å². The Labute approximate surface area is 119 Å². The van der Waals surface area contributed by atoms with Crippen LogP contribution < -0.4 is 5.32 Å². The van der Waals surface area contributed by atoms with E-state index in [1.165, 1.54) is 25.0 Å². The quantitative estimate of drug-likeness (QED) is 0.563. The van der Waals surface area contributed by atoms with Crippen molar-refractivity contribution in [2.45, 2.75) is 30.6 Å². The minimum absolute atomic E-state index is 0.0234. The molecule has 0 aliphatic heterocycles. The summed E-state index contributed by atoms with van der Waals surface area (Å²) >= 11 is 6.17. The molecule has 1 rings (SSSR count). The van der Waals surface area contributed by atoms with Gasteiger partial charge in [0.1, 0.15) is 0 Å². The fourth-order valence-corrected chi connectivity index (χ4v) is 2.44. The summed E-state index contributed by atoms with van der Waals surface area (Å²) in [4.78, 5) is 12.6. The predicted octanol–water partition coefficient (Wildman–Crippen LogP) is 3.63. The molecule has 1 aromatic rings. The first kappa shape index (κ1) is 15.4. The first-order valence-corrected chi connectivity index (χ1v) is 8.15. The number of rotatable bonds is 8. The minimum atomic E-state index is -0.0234. The Bertz CT molecular complexity index is 369. The molecule has 2 nitrogen and oxygen atoms in total. The van der Waals surface area contributed by atoms with Gasteiger partial charge in [-0.05, 0) is 37.0 Å². The van der Waals surface area contributed by atoms with Crippen LogP contribution in [0.3, 0.4) is 0 Å². The molecule has 0 fully saturated rings. The molecule has 1 aromatic carbocycles. The predicted molar refractivity (Wildman–Crippen MR) is 82.9 cm³/mol. The molecule has 0 bridgehead atoms. The van der Waals surface area contributed by atoms with Crippen molar-refractivity contribution in [3.8, 4) is 0 Å². The van der Waals surface area contributed by atoms with Gasteiger partial charge in [-0.15, -0.1) is 12.6 Å².